The molecule has 182 valence electrons. The van der Waals surface area contributed by atoms with Gasteiger partial charge in [-0.25, -0.2) is 9.67 Å². The Balaban J connectivity index is 1.23. The van der Waals surface area contributed by atoms with Crippen molar-refractivity contribution in [3.63, 3.8) is 0 Å². The highest BCUT2D eigenvalue weighted by Gasteiger charge is 2.13. The zero-order valence-electron chi connectivity index (χ0n) is 19.9. The number of carbonyl (C=O) groups excluding carboxylic acids is 1. The molecule has 1 amide bonds. The molecule has 0 spiro atoms. The summed E-state index contributed by atoms with van der Waals surface area (Å²) in [6.07, 6.45) is 3.06. The van der Waals surface area contributed by atoms with Crippen molar-refractivity contribution in [1.82, 2.24) is 34.8 Å². The minimum Gasteiger partial charge on any atom is -0.497 e. The number of carbonyl (C=O) groups is 1. The number of nitrogens with one attached hydrogen (secondary N) is 2. The number of ether oxygens (including phenoxy) is 1. The van der Waals surface area contributed by atoms with Crippen LogP contribution in [0, 0.1) is 6.92 Å². The second kappa shape index (κ2) is 9.87. The van der Waals surface area contributed by atoms with E-state index in [0.29, 0.717) is 47.8 Å². The third-order valence-corrected chi connectivity index (χ3v) is 5.85. The van der Waals surface area contributed by atoms with Crippen LogP contribution in [0.15, 0.2) is 71.9 Å². The van der Waals surface area contributed by atoms with Crippen molar-refractivity contribution in [1.29, 1.82) is 0 Å². The predicted octanol–water partition coefficient (Wildman–Crippen LogP) is 2.78. The maximum atomic E-state index is 12.9. The number of methoxy groups -OCH3 is 1. The van der Waals surface area contributed by atoms with Crippen LogP contribution in [0.4, 0.5) is 0 Å². The second-order valence-corrected chi connectivity index (χ2v) is 8.43. The van der Waals surface area contributed by atoms with E-state index in [1.54, 1.807) is 22.4 Å². The van der Waals surface area contributed by atoms with Crippen LogP contribution in [0.5, 0.6) is 5.75 Å². The van der Waals surface area contributed by atoms with Crippen LogP contribution in [0.25, 0.3) is 22.3 Å². The van der Waals surface area contributed by atoms with Gasteiger partial charge in [-0.2, -0.15) is 10.2 Å². The first-order valence-corrected chi connectivity index (χ1v) is 11.5. The van der Waals surface area contributed by atoms with Crippen molar-refractivity contribution in [2.75, 3.05) is 13.7 Å². The van der Waals surface area contributed by atoms with Crippen LogP contribution < -0.4 is 15.6 Å². The smallest absolute Gasteiger partial charge is 0.269 e. The SMILES string of the molecule is COc1cccc(-c2cc(C(=O)NCCn3ncc4c(=O)n(Cc5cccc(C)c5)cnc43)[nH]n2)c1. The highest BCUT2D eigenvalue weighted by Crippen LogP contribution is 2.22. The summed E-state index contributed by atoms with van der Waals surface area (Å²) in [6, 6.07) is 17.1. The monoisotopic (exact) mass is 483 g/mol. The van der Waals surface area contributed by atoms with Gasteiger partial charge in [-0.05, 0) is 30.7 Å². The molecule has 0 radical (unpaired) electrons. The molecule has 2 N–H and O–H groups in total. The van der Waals surface area contributed by atoms with Crippen molar-refractivity contribution < 1.29 is 9.53 Å². The van der Waals surface area contributed by atoms with Gasteiger partial charge in [0.2, 0.25) is 0 Å². The van der Waals surface area contributed by atoms with E-state index in [-0.39, 0.29) is 11.5 Å². The summed E-state index contributed by atoms with van der Waals surface area (Å²) in [5, 5.41) is 14.6. The number of hydrogen-bond acceptors (Lipinski definition) is 6. The van der Waals surface area contributed by atoms with E-state index in [0.717, 1.165) is 16.7 Å². The van der Waals surface area contributed by atoms with Gasteiger partial charge in [-0.1, -0.05) is 42.0 Å². The zero-order chi connectivity index (χ0) is 25.1. The van der Waals surface area contributed by atoms with Crippen molar-refractivity contribution >= 4 is 16.9 Å². The fourth-order valence-electron chi connectivity index (χ4n) is 4.02. The van der Waals surface area contributed by atoms with Crippen molar-refractivity contribution in [2.24, 2.45) is 0 Å². The number of fused-ring (bicyclic) bond motifs is 1. The first kappa shape index (κ1) is 23.0. The van der Waals surface area contributed by atoms with E-state index in [9.17, 15) is 9.59 Å². The molecule has 3 heterocycles. The molecule has 2 aromatic carbocycles. The fourth-order valence-corrected chi connectivity index (χ4v) is 4.02. The Morgan fingerprint density at radius 2 is 2.00 bits per heavy atom. The average molecular weight is 484 g/mol. The lowest BCUT2D eigenvalue weighted by molar-refractivity contribution is 0.0947. The standard InChI is InChI=1S/C26H25N7O3/c1-17-5-3-6-18(11-17)15-32-16-28-24-21(26(32)35)14-29-33(24)10-9-27-25(34)23-13-22(30-31-23)19-7-4-8-20(12-19)36-2/h3-8,11-14,16H,9-10,15H2,1-2H3,(H,27,34)(H,30,31). The van der Waals surface area contributed by atoms with E-state index in [1.807, 2.05) is 55.5 Å². The number of hydrogen-bond donors (Lipinski definition) is 2. The van der Waals surface area contributed by atoms with Gasteiger partial charge in [0.15, 0.2) is 5.65 Å². The van der Waals surface area contributed by atoms with Crippen LogP contribution in [0.3, 0.4) is 0 Å². The topological polar surface area (TPSA) is 120 Å². The van der Waals surface area contributed by atoms with Gasteiger partial charge < -0.3 is 10.1 Å². The van der Waals surface area contributed by atoms with Crippen LogP contribution in [0.2, 0.25) is 0 Å². The van der Waals surface area contributed by atoms with Gasteiger partial charge in [0.25, 0.3) is 11.5 Å². The van der Waals surface area contributed by atoms with Crippen molar-refractivity contribution in [3.05, 3.63) is 94.3 Å². The molecule has 5 aromatic rings. The first-order chi connectivity index (χ1) is 17.5. The maximum Gasteiger partial charge on any atom is 0.269 e. The lowest BCUT2D eigenvalue weighted by Gasteiger charge is -2.07. The molecule has 0 bridgehead atoms. The first-order valence-electron chi connectivity index (χ1n) is 11.5. The molecule has 0 aliphatic carbocycles. The summed E-state index contributed by atoms with van der Waals surface area (Å²) in [5.74, 6) is 0.421. The number of nitrogens with zero attached hydrogens (tertiary/aromatic N) is 5. The summed E-state index contributed by atoms with van der Waals surface area (Å²) >= 11 is 0. The molecule has 0 saturated heterocycles. The molecule has 0 atom stereocenters. The third kappa shape index (κ3) is 4.74. The number of aryl methyl sites for hydroxylation is 1. The van der Waals surface area contributed by atoms with Gasteiger partial charge in [0.1, 0.15) is 23.2 Å². The molecular weight excluding hydrogens is 458 g/mol. The van der Waals surface area contributed by atoms with Gasteiger partial charge >= 0.3 is 0 Å². The van der Waals surface area contributed by atoms with Gasteiger partial charge in [-0.15, -0.1) is 0 Å². The highest BCUT2D eigenvalue weighted by atomic mass is 16.5. The van der Waals surface area contributed by atoms with Crippen LogP contribution in [-0.2, 0) is 13.1 Å². The number of rotatable bonds is 8. The molecule has 10 nitrogen and oxygen atoms in total. The number of benzene rings is 2. The Morgan fingerprint density at radius 1 is 1.14 bits per heavy atom. The second-order valence-electron chi connectivity index (χ2n) is 8.43. The Bertz CT molecular complexity index is 1600. The predicted molar refractivity (Wildman–Crippen MR) is 135 cm³/mol. The lowest BCUT2D eigenvalue weighted by Crippen LogP contribution is -2.28. The molecule has 0 fully saturated rings. The zero-order valence-corrected chi connectivity index (χ0v) is 19.9. The molecule has 10 heteroatoms. The molecule has 0 aliphatic heterocycles. The van der Waals surface area contributed by atoms with Crippen molar-refractivity contribution in [2.45, 2.75) is 20.0 Å². The lowest BCUT2D eigenvalue weighted by atomic mass is 10.1. The number of H-pyrrole nitrogens is 1. The van der Waals surface area contributed by atoms with Gasteiger partial charge in [-0.3, -0.25) is 19.3 Å². The van der Waals surface area contributed by atoms with E-state index < -0.39 is 0 Å². The minimum atomic E-state index is -0.290. The highest BCUT2D eigenvalue weighted by molar-refractivity contribution is 5.93. The summed E-state index contributed by atoms with van der Waals surface area (Å²) < 4.78 is 8.43. The fraction of sp³-hybridized carbons (Fsp3) is 0.192. The van der Waals surface area contributed by atoms with Gasteiger partial charge in [0, 0.05) is 12.1 Å². The molecular formula is C26H25N7O3. The third-order valence-electron chi connectivity index (χ3n) is 5.85. The Labute approximate surface area is 206 Å². The number of aromatic amines is 1. The van der Waals surface area contributed by atoms with E-state index >= 15 is 0 Å². The maximum absolute atomic E-state index is 12.9. The Kier molecular flexibility index (Phi) is 6.31. The summed E-state index contributed by atoms with van der Waals surface area (Å²) in [6.45, 7) is 3.12. The number of aromatic nitrogens is 6. The van der Waals surface area contributed by atoms with Gasteiger partial charge in [0.05, 0.1) is 32.1 Å². The summed E-state index contributed by atoms with van der Waals surface area (Å²) in [7, 11) is 1.60. The minimum absolute atomic E-state index is 0.153. The summed E-state index contributed by atoms with van der Waals surface area (Å²) in [4.78, 5) is 30.0. The largest absolute Gasteiger partial charge is 0.497 e. The molecule has 3 aromatic heterocycles. The average Bonchev–Trinajstić information content (AvgIpc) is 3.54. The molecule has 36 heavy (non-hydrogen) atoms. The van der Waals surface area contributed by atoms with E-state index in [2.05, 4.69) is 25.6 Å². The van der Waals surface area contributed by atoms with E-state index in [1.165, 1.54) is 12.5 Å². The van der Waals surface area contributed by atoms with E-state index in [4.69, 9.17) is 4.74 Å². The van der Waals surface area contributed by atoms with Crippen LogP contribution >= 0.6 is 0 Å². The molecule has 0 aliphatic rings. The Morgan fingerprint density at radius 3 is 2.83 bits per heavy atom. The molecule has 0 unspecified atom stereocenters. The Hall–Kier alpha value is -4.73. The number of amides is 1. The quantitative estimate of drug-likeness (QED) is 0.350. The van der Waals surface area contributed by atoms with Crippen LogP contribution in [-0.4, -0.2) is 49.1 Å². The summed E-state index contributed by atoms with van der Waals surface area (Å²) in [5.41, 5.74) is 4.32. The van der Waals surface area contributed by atoms with Crippen LogP contribution in [0.1, 0.15) is 21.6 Å². The van der Waals surface area contributed by atoms with Crippen molar-refractivity contribution in [3.8, 4) is 17.0 Å². The normalized spacial score (nSPS) is 11.1. The molecule has 5 rings (SSSR count). The molecule has 0 saturated carbocycles.